The molecular formula is C26H31N3O. The Morgan fingerprint density at radius 2 is 1.70 bits per heavy atom. The number of likely N-dealkylation sites (tertiary alicyclic amines) is 1. The summed E-state index contributed by atoms with van der Waals surface area (Å²) >= 11 is 0. The summed E-state index contributed by atoms with van der Waals surface area (Å²) in [6.45, 7) is 3.94. The molecule has 1 aliphatic heterocycles. The van der Waals surface area contributed by atoms with E-state index in [1.165, 1.54) is 17.5 Å². The second-order valence-corrected chi connectivity index (χ2v) is 8.48. The molecule has 0 unspecified atom stereocenters. The molecule has 0 spiro atoms. The minimum absolute atomic E-state index is 0.277. The highest BCUT2D eigenvalue weighted by atomic mass is 16.2. The number of hydrogen-bond donors (Lipinski definition) is 0. The van der Waals surface area contributed by atoms with Gasteiger partial charge in [0.2, 0.25) is 5.91 Å². The van der Waals surface area contributed by atoms with E-state index in [1.807, 2.05) is 47.4 Å². The van der Waals surface area contributed by atoms with E-state index < -0.39 is 0 Å². The fourth-order valence-electron chi connectivity index (χ4n) is 4.22. The van der Waals surface area contributed by atoms with Crippen LogP contribution in [0.5, 0.6) is 0 Å². The zero-order valence-corrected chi connectivity index (χ0v) is 17.8. The fourth-order valence-corrected chi connectivity index (χ4v) is 4.22. The van der Waals surface area contributed by atoms with Crippen LogP contribution in [0.2, 0.25) is 0 Å². The number of aromatic nitrogens is 2. The second-order valence-electron chi connectivity index (χ2n) is 8.48. The monoisotopic (exact) mass is 401 g/mol. The number of carbonyl (C=O) groups is 1. The number of nitrogens with zero attached hydrogens (tertiary/aromatic N) is 3. The molecule has 4 heteroatoms. The number of aryl methyl sites for hydroxylation is 3. The van der Waals surface area contributed by atoms with Gasteiger partial charge in [-0.1, -0.05) is 48.0 Å². The van der Waals surface area contributed by atoms with E-state index in [1.54, 1.807) is 0 Å². The Balaban J connectivity index is 1.19. The molecule has 0 bridgehead atoms. The Bertz CT molecular complexity index is 938. The van der Waals surface area contributed by atoms with E-state index in [2.05, 4.69) is 41.2 Å². The predicted molar refractivity (Wildman–Crippen MR) is 121 cm³/mol. The van der Waals surface area contributed by atoms with Gasteiger partial charge in [0.1, 0.15) is 0 Å². The molecule has 0 atom stereocenters. The molecule has 4 nitrogen and oxygen atoms in total. The molecule has 0 N–H and O–H groups in total. The van der Waals surface area contributed by atoms with Crippen LogP contribution in [-0.2, 0) is 17.6 Å². The van der Waals surface area contributed by atoms with E-state index in [0.717, 1.165) is 55.9 Å². The van der Waals surface area contributed by atoms with E-state index in [4.69, 9.17) is 0 Å². The number of amides is 1. The molecule has 2 heterocycles. The summed E-state index contributed by atoms with van der Waals surface area (Å²) in [4.78, 5) is 14.7. The summed E-state index contributed by atoms with van der Waals surface area (Å²) in [6.07, 6.45) is 9.84. The Morgan fingerprint density at radius 1 is 0.967 bits per heavy atom. The van der Waals surface area contributed by atoms with Gasteiger partial charge in [0.25, 0.3) is 0 Å². The molecule has 1 amide bonds. The molecule has 1 aliphatic rings. The SMILES string of the molecule is Cc1ccc(CCC2CCN(C(=O)CCc3cnn(-c4ccccc4)c3)CC2)cc1. The van der Waals surface area contributed by atoms with Crippen LogP contribution in [0.4, 0.5) is 0 Å². The van der Waals surface area contributed by atoms with Crippen LogP contribution >= 0.6 is 0 Å². The van der Waals surface area contributed by atoms with Gasteiger partial charge in [-0.25, -0.2) is 4.68 Å². The molecule has 156 valence electrons. The summed E-state index contributed by atoms with van der Waals surface area (Å²) in [5, 5.41) is 4.43. The molecular weight excluding hydrogens is 370 g/mol. The maximum atomic E-state index is 12.7. The lowest BCUT2D eigenvalue weighted by Crippen LogP contribution is -2.38. The summed E-state index contributed by atoms with van der Waals surface area (Å²) in [5.74, 6) is 1.01. The summed E-state index contributed by atoms with van der Waals surface area (Å²) in [6, 6.07) is 18.9. The van der Waals surface area contributed by atoms with Crippen LogP contribution in [0.25, 0.3) is 5.69 Å². The van der Waals surface area contributed by atoms with Gasteiger partial charge in [-0.05, 0) is 68.2 Å². The maximum absolute atomic E-state index is 12.7. The van der Waals surface area contributed by atoms with E-state index in [-0.39, 0.29) is 5.91 Å². The summed E-state index contributed by atoms with van der Waals surface area (Å²) in [5.41, 5.74) is 4.90. The maximum Gasteiger partial charge on any atom is 0.222 e. The van der Waals surface area contributed by atoms with Crippen molar-refractivity contribution in [1.29, 1.82) is 0 Å². The average molecular weight is 402 g/mol. The number of piperidine rings is 1. The number of rotatable bonds is 7. The topological polar surface area (TPSA) is 38.1 Å². The van der Waals surface area contributed by atoms with Gasteiger partial charge >= 0.3 is 0 Å². The smallest absolute Gasteiger partial charge is 0.222 e. The van der Waals surface area contributed by atoms with Gasteiger partial charge in [0, 0.05) is 25.7 Å². The molecule has 0 saturated carbocycles. The lowest BCUT2D eigenvalue weighted by atomic mass is 9.90. The average Bonchev–Trinajstić information content (AvgIpc) is 3.27. The Labute approximate surface area is 179 Å². The van der Waals surface area contributed by atoms with Gasteiger partial charge in [-0.15, -0.1) is 0 Å². The first-order valence-corrected chi connectivity index (χ1v) is 11.1. The molecule has 30 heavy (non-hydrogen) atoms. The lowest BCUT2D eigenvalue weighted by Gasteiger charge is -2.32. The minimum atomic E-state index is 0.277. The summed E-state index contributed by atoms with van der Waals surface area (Å²) < 4.78 is 1.87. The van der Waals surface area contributed by atoms with Crippen LogP contribution in [0.15, 0.2) is 67.0 Å². The van der Waals surface area contributed by atoms with Crippen molar-refractivity contribution < 1.29 is 4.79 Å². The molecule has 4 rings (SSSR count). The number of para-hydroxylation sites is 1. The van der Waals surface area contributed by atoms with Crippen molar-refractivity contribution in [3.8, 4) is 5.69 Å². The molecule has 3 aromatic rings. The van der Waals surface area contributed by atoms with Gasteiger partial charge in [-0.3, -0.25) is 4.79 Å². The zero-order chi connectivity index (χ0) is 20.8. The van der Waals surface area contributed by atoms with Gasteiger partial charge in [-0.2, -0.15) is 5.10 Å². The van der Waals surface area contributed by atoms with Crippen LogP contribution < -0.4 is 0 Å². The molecule has 1 aromatic heterocycles. The molecule has 1 saturated heterocycles. The Morgan fingerprint density at radius 3 is 2.43 bits per heavy atom. The number of hydrogen-bond acceptors (Lipinski definition) is 2. The lowest BCUT2D eigenvalue weighted by molar-refractivity contribution is -0.132. The Kier molecular flexibility index (Phi) is 6.63. The third-order valence-corrected chi connectivity index (χ3v) is 6.21. The third kappa shape index (κ3) is 5.38. The molecule has 1 fully saturated rings. The second kappa shape index (κ2) is 9.75. The first-order chi connectivity index (χ1) is 14.7. The van der Waals surface area contributed by atoms with Crippen molar-refractivity contribution in [3.05, 3.63) is 83.7 Å². The van der Waals surface area contributed by atoms with Crippen molar-refractivity contribution in [2.75, 3.05) is 13.1 Å². The van der Waals surface area contributed by atoms with Crippen LogP contribution in [0, 0.1) is 12.8 Å². The zero-order valence-electron chi connectivity index (χ0n) is 17.8. The highest BCUT2D eigenvalue weighted by molar-refractivity contribution is 5.76. The third-order valence-electron chi connectivity index (χ3n) is 6.21. The van der Waals surface area contributed by atoms with Crippen molar-refractivity contribution in [1.82, 2.24) is 14.7 Å². The molecule has 2 aromatic carbocycles. The van der Waals surface area contributed by atoms with Crippen molar-refractivity contribution in [2.45, 2.75) is 45.4 Å². The van der Waals surface area contributed by atoms with Gasteiger partial charge < -0.3 is 4.90 Å². The highest BCUT2D eigenvalue weighted by Gasteiger charge is 2.22. The normalized spacial score (nSPS) is 14.8. The Hall–Kier alpha value is -2.88. The van der Waals surface area contributed by atoms with E-state index in [0.29, 0.717) is 6.42 Å². The minimum Gasteiger partial charge on any atom is -0.343 e. The number of benzene rings is 2. The molecule has 0 aliphatic carbocycles. The standard InChI is InChI=1S/C26H31N3O/c1-21-7-9-22(10-8-21)11-12-23-15-17-28(18-16-23)26(30)14-13-24-19-27-29(20-24)25-5-3-2-4-6-25/h2-10,19-20,23H,11-18H2,1H3. The van der Waals surface area contributed by atoms with Crippen molar-refractivity contribution in [2.24, 2.45) is 5.92 Å². The van der Waals surface area contributed by atoms with E-state index >= 15 is 0 Å². The summed E-state index contributed by atoms with van der Waals surface area (Å²) in [7, 11) is 0. The fraction of sp³-hybridized carbons (Fsp3) is 0.385. The van der Waals surface area contributed by atoms with Crippen LogP contribution in [0.1, 0.15) is 42.4 Å². The van der Waals surface area contributed by atoms with Crippen LogP contribution in [-0.4, -0.2) is 33.7 Å². The first-order valence-electron chi connectivity index (χ1n) is 11.1. The molecule has 0 radical (unpaired) electrons. The van der Waals surface area contributed by atoms with Crippen LogP contribution in [0.3, 0.4) is 0 Å². The van der Waals surface area contributed by atoms with Gasteiger partial charge in [0.05, 0.1) is 11.9 Å². The predicted octanol–water partition coefficient (Wildman–Crippen LogP) is 4.98. The van der Waals surface area contributed by atoms with Gasteiger partial charge in [0.15, 0.2) is 0 Å². The highest BCUT2D eigenvalue weighted by Crippen LogP contribution is 2.23. The van der Waals surface area contributed by atoms with E-state index in [9.17, 15) is 4.79 Å². The quantitative estimate of drug-likeness (QED) is 0.560. The number of carbonyl (C=O) groups excluding carboxylic acids is 1. The van der Waals surface area contributed by atoms with Crippen molar-refractivity contribution in [3.63, 3.8) is 0 Å². The largest absolute Gasteiger partial charge is 0.343 e. The first kappa shape index (κ1) is 20.4. The van der Waals surface area contributed by atoms with Crippen molar-refractivity contribution >= 4 is 5.91 Å².